The molecule has 0 aromatic carbocycles. The summed E-state index contributed by atoms with van der Waals surface area (Å²) < 4.78 is 4.72. The molecule has 0 spiro atoms. The van der Waals surface area contributed by atoms with Crippen LogP contribution >= 0.6 is 0 Å². The molecule has 106 valence electrons. The van der Waals surface area contributed by atoms with Crippen molar-refractivity contribution in [3.63, 3.8) is 0 Å². The van der Waals surface area contributed by atoms with E-state index in [1.807, 2.05) is 0 Å². The molecule has 1 rings (SSSR count). The molecule has 1 heterocycles. The second-order valence-electron chi connectivity index (χ2n) is 4.67. The van der Waals surface area contributed by atoms with E-state index in [9.17, 15) is 4.79 Å². The smallest absolute Gasteiger partial charge is 0.340 e. The Morgan fingerprint density at radius 2 is 2.21 bits per heavy atom. The van der Waals surface area contributed by atoms with E-state index in [1.54, 1.807) is 6.07 Å². The molecule has 0 saturated carbocycles. The first-order chi connectivity index (χ1) is 9.03. The molecule has 1 atom stereocenters. The molecule has 2 N–H and O–H groups in total. The van der Waals surface area contributed by atoms with Gasteiger partial charge >= 0.3 is 5.97 Å². The number of esters is 1. The van der Waals surface area contributed by atoms with E-state index >= 15 is 0 Å². The molecular formula is C14H23N3O2. The van der Waals surface area contributed by atoms with Gasteiger partial charge in [-0.25, -0.2) is 9.78 Å². The molecule has 0 saturated heterocycles. The van der Waals surface area contributed by atoms with Crippen molar-refractivity contribution < 1.29 is 9.53 Å². The third-order valence-electron chi connectivity index (χ3n) is 3.26. The molecule has 0 fully saturated rings. The van der Waals surface area contributed by atoms with Gasteiger partial charge in [-0.3, -0.25) is 0 Å². The number of hydrogen-bond acceptors (Lipinski definition) is 5. The largest absolute Gasteiger partial charge is 0.465 e. The topological polar surface area (TPSA) is 68.5 Å². The van der Waals surface area contributed by atoms with Crippen LogP contribution < -0.4 is 10.6 Å². The molecule has 0 aliphatic rings. The van der Waals surface area contributed by atoms with E-state index in [4.69, 9.17) is 10.5 Å². The van der Waals surface area contributed by atoms with E-state index in [1.165, 1.54) is 13.3 Å². The lowest BCUT2D eigenvalue weighted by molar-refractivity contribution is 0.0602. The Bertz CT molecular complexity index is 435. The summed E-state index contributed by atoms with van der Waals surface area (Å²) in [6.45, 7) is 8.17. The number of nitrogen functional groups attached to an aromatic ring is 1. The van der Waals surface area contributed by atoms with Gasteiger partial charge in [-0.15, -0.1) is 0 Å². The average molecular weight is 265 g/mol. The fourth-order valence-corrected chi connectivity index (χ4v) is 1.80. The molecule has 5 heteroatoms. The minimum atomic E-state index is -0.430. The van der Waals surface area contributed by atoms with Crippen LogP contribution in [-0.4, -0.2) is 31.2 Å². The SMILES string of the molecule is CCC(C)CN(CC)c1cc(C(=O)OC)c(N)cn1. The van der Waals surface area contributed by atoms with Crippen molar-refractivity contribution in [2.45, 2.75) is 27.2 Å². The van der Waals surface area contributed by atoms with E-state index in [-0.39, 0.29) is 0 Å². The highest BCUT2D eigenvalue weighted by atomic mass is 16.5. The molecule has 0 amide bonds. The maximum absolute atomic E-state index is 11.6. The minimum Gasteiger partial charge on any atom is -0.465 e. The summed E-state index contributed by atoms with van der Waals surface area (Å²) in [6, 6.07) is 1.70. The van der Waals surface area contributed by atoms with Crippen LogP contribution in [0.1, 0.15) is 37.6 Å². The lowest BCUT2D eigenvalue weighted by Gasteiger charge is -2.25. The number of methoxy groups -OCH3 is 1. The van der Waals surface area contributed by atoms with Crippen LogP contribution in [0.2, 0.25) is 0 Å². The van der Waals surface area contributed by atoms with Gasteiger partial charge < -0.3 is 15.4 Å². The number of nitrogens with two attached hydrogens (primary N) is 1. The Balaban J connectivity index is 3.01. The Hall–Kier alpha value is -1.78. The van der Waals surface area contributed by atoms with E-state index in [2.05, 4.69) is 30.7 Å². The van der Waals surface area contributed by atoms with Crippen molar-refractivity contribution in [1.29, 1.82) is 0 Å². The summed E-state index contributed by atoms with van der Waals surface area (Å²) in [7, 11) is 1.35. The molecule has 1 aromatic heterocycles. The summed E-state index contributed by atoms with van der Waals surface area (Å²) in [6.07, 6.45) is 2.62. The zero-order valence-corrected chi connectivity index (χ0v) is 12.1. The van der Waals surface area contributed by atoms with Crippen molar-refractivity contribution in [3.05, 3.63) is 17.8 Å². The highest BCUT2D eigenvalue weighted by Crippen LogP contribution is 2.20. The highest BCUT2D eigenvalue weighted by Gasteiger charge is 2.15. The predicted molar refractivity (Wildman–Crippen MR) is 77.3 cm³/mol. The molecule has 5 nitrogen and oxygen atoms in total. The van der Waals surface area contributed by atoms with Gasteiger partial charge in [-0.2, -0.15) is 0 Å². The fourth-order valence-electron chi connectivity index (χ4n) is 1.80. The Morgan fingerprint density at radius 1 is 1.53 bits per heavy atom. The maximum atomic E-state index is 11.6. The molecular weight excluding hydrogens is 242 g/mol. The number of hydrogen-bond donors (Lipinski definition) is 1. The van der Waals surface area contributed by atoms with Crippen molar-refractivity contribution in [2.75, 3.05) is 30.8 Å². The molecule has 0 radical (unpaired) electrons. The lowest BCUT2D eigenvalue weighted by Crippen LogP contribution is -2.29. The van der Waals surface area contributed by atoms with Gasteiger partial charge in [0.05, 0.1) is 24.6 Å². The van der Waals surface area contributed by atoms with Crippen LogP contribution in [0.5, 0.6) is 0 Å². The van der Waals surface area contributed by atoms with E-state index in [0.717, 1.165) is 25.3 Å². The first-order valence-electron chi connectivity index (χ1n) is 6.62. The number of pyridine rings is 1. The van der Waals surface area contributed by atoms with Gasteiger partial charge in [0.25, 0.3) is 0 Å². The van der Waals surface area contributed by atoms with E-state index in [0.29, 0.717) is 17.2 Å². The maximum Gasteiger partial charge on any atom is 0.340 e. The van der Waals surface area contributed by atoms with Crippen molar-refractivity contribution >= 4 is 17.5 Å². The molecule has 1 unspecified atom stereocenters. The first kappa shape index (κ1) is 15.3. The number of carbonyl (C=O) groups is 1. The predicted octanol–water partition coefficient (Wildman–Crippen LogP) is 2.32. The Kier molecular flexibility index (Phi) is 5.60. The zero-order valence-electron chi connectivity index (χ0n) is 12.1. The Morgan fingerprint density at radius 3 is 2.74 bits per heavy atom. The van der Waals surface area contributed by atoms with Crippen LogP contribution in [-0.2, 0) is 4.74 Å². The molecule has 0 bridgehead atoms. The number of ether oxygens (including phenoxy) is 1. The lowest BCUT2D eigenvalue weighted by atomic mass is 10.1. The number of carbonyl (C=O) groups excluding carboxylic acids is 1. The summed E-state index contributed by atoms with van der Waals surface area (Å²) in [4.78, 5) is 18.1. The van der Waals surface area contributed by atoms with Gasteiger partial charge in [-0.1, -0.05) is 20.3 Å². The van der Waals surface area contributed by atoms with Crippen LogP contribution in [0.15, 0.2) is 12.3 Å². The molecule has 0 aliphatic carbocycles. The van der Waals surface area contributed by atoms with Crippen LogP contribution in [0.25, 0.3) is 0 Å². The fraction of sp³-hybridized carbons (Fsp3) is 0.571. The standard InChI is InChI=1S/C14H23N3O2/c1-5-10(3)9-17(6-2)13-7-11(14(18)19-4)12(15)8-16-13/h7-8,10H,5-6,9,15H2,1-4H3. The Labute approximate surface area is 114 Å². The second-order valence-corrected chi connectivity index (χ2v) is 4.67. The third-order valence-corrected chi connectivity index (χ3v) is 3.26. The van der Waals surface area contributed by atoms with Crippen molar-refractivity contribution in [2.24, 2.45) is 5.92 Å². The van der Waals surface area contributed by atoms with Gasteiger partial charge in [0.15, 0.2) is 0 Å². The normalized spacial score (nSPS) is 12.0. The van der Waals surface area contributed by atoms with Crippen molar-refractivity contribution in [3.8, 4) is 0 Å². The summed E-state index contributed by atoms with van der Waals surface area (Å²) >= 11 is 0. The minimum absolute atomic E-state index is 0.343. The molecule has 19 heavy (non-hydrogen) atoms. The number of aromatic nitrogens is 1. The summed E-state index contributed by atoms with van der Waals surface area (Å²) in [5, 5.41) is 0. The van der Waals surface area contributed by atoms with Crippen LogP contribution in [0, 0.1) is 5.92 Å². The number of rotatable bonds is 6. The van der Waals surface area contributed by atoms with Crippen LogP contribution in [0.4, 0.5) is 11.5 Å². The van der Waals surface area contributed by atoms with Gasteiger partial charge in [-0.05, 0) is 18.9 Å². The first-order valence-corrected chi connectivity index (χ1v) is 6.62. The second kappa shape index (κ2) is 6.97. The zero-order chi connectivity index (χ0) is 14.4. The number of nitrogens with zero attached hydrogens (tertiary/aromatic N) is 2. The van der Waals surface area contributed by atoms with Crippen molar-refractivity contribution in [1.82, 2.24) is 4.98 Å². The van der Waals surface area contributed by atoms with Gasteiger partial charge in [0.2, 0.25) is 0 Å². The summed E-state index contributed by atoms with van der Waals surface area (Å²) in [5.41, 5.74) is 6.47. The van der Waals surface area contributed by atoms with Gasteiger partial charge in [0, 0.05) is 13.1 Å². The number of anilines is 2. The van der Waals surface area contributed by atoms with Gasteiger partial charge in [0.1, 0.15) is 5.82 Å². The quantitative estimate of drug-likeness (QED) is 0.799. The monoisotopic (exact) mass is 265 g/mol. The molecule has 1 aromatic rings. The third kappa shape index (κ3) is 3.84. The molecule has 0 aliphatic heterocycles. The highest BCUT2D eigenvalue weighted by molar-refractivity contribution is 5.95. The van der Waals surface area contributed by atoms with Crippen LogP contribution in [0.3, 0.4) is 0 Å². The average Bonchev–Trinajstić information content (AvgIpc) is 2.44. The van der Waals surface area contributed by atoms with E-state index < -0.39 is 5.97 Å². The summed E-state index contributed by atoms with van der Waals surface area (Å²) in [5.74, 6) is 0.902.